The molecule has 22 heavy (non-hydrogen) atoms. The molecule has 1 aromatic carbocycles. The van der Waals surface area contributed by atoms with Gasteiger partial charge in [-0.25, -0.2) is 4.98 Å². The van der Waals surface area contributed by atoms with Crippen LogP contribution in [-0.4, -0.2) is 34.4 Å². The van der Waals surface area contributed by atoms with Gasteiger partial charge in [-0.2, -0.15) is 0 Å². The molecule has 1 unspecified atom stereocenters. The molecule has 0 aliphatic rings. The Balaban J connectivity index is 0.000000287. The molecule has 0 radical (unpaired) electrons. The van der Waals surface area contributed by atoms with Crippen LogP contribution in [-0.2, 0) is 12.4 Å². The molecule has 1 amide bonds. The van der Waals surface area contributed by atoms with Gasteiger partial charge in [-0.1, -0.05) is 6.07 Å². The Morgan fingerprint density at radius 2 is 2.05 bits per heavy atom. The zero-order valence-electron chi connectivity index (χ0n) is 11.7. The number of hydrogen-bond acceptors (Lipinski definition) is 6. The van der Waals surface area contributed by atoms with Gasteiger partial charge in [0.2, 0.25) is 0 Å². The van der Waals surface area contributed by atoms with E-state index in [1.165, 1.54) is 25.1 Å². The molecule has 1 aromatic heterocycles. The maximum atomic E-state index is 11.3. The Morgan fingerprint density at radius 3 is 2.50 bits per heavy atom. The summed E-state index contributed by atoms with van der Waals surface area (Å²) in [5.74, 6) is 0.277. The van der Waals surface area contributed by atoms with Crippen LogP contribution in [0.5, 0.6) is 0 Å². The number of benzene rings is 1. The molecule has 118 valence electrons. The molecule has 9 heteroatoms. The molecule has 2 aromatic rings. The second kappa shape index (κ2) is 8.35. The minimum Gasteiger partial charge on any atom is -0.384 e. The number of hydrogen-bond donors (Lipinski definition) is 4. The van der Waals surface area contributed by atoms with E-state index in [0.29, 0.717) is 11.5 Å². The largest absolute Gasteiger partial charge is 0.384 e. The summed E-state index contributed by atoms with van der Waals surface area (Å²) in [4.78, 5) is 14.5. The summed E-state index contributed by atoms with van der Waals surface area (Å²) in [6.07, 6.45) is 1.66. The number of carbonyl (C=O) groups excluding carboxylic acids is 1. The van der Waals surface area contributed by atoms with Crippen LogP contribution in [0.15, 0.2) is 48.7 Å². The molecule has 1 heterocycles. The third-order valence-electron chi connectivity index (χ3n) is 2.29. The number of nitrogen functional groups attached to an aromatic ring is 1. The summed E-state index contributed by atoms with van der Waals surface area (Å²) in [6, 6.07) is 11.1. The number of pyridine rings is 1. The second-order valence-corrected chi connectivity index (χ2v) is 7.70. The van der Waals surface area contributed by atoms with Crippen molar-refractivity contribution >= 4 is 35.9 Å². The molecule has 0 aliphatic heterocycles. The molecule has 0 saturated heterocycles. The predicted molar refractivity (Wildman–Crippen MR) is 81.4 cm³/mol. The van der Waals surface area contributed by atoms with E-state index in [1.807, 2.05) is 12.1 Å². The van der Waals surface area contributed by atoms with Crippen LogP contribution in [0.3, 0.4) is 0 Å². The Morgan fingerprint density at radius 1 is 1.32 bits per heavy atom. The van der Waals surface area contributed by atoms with Gasteiger partial charge in [0.25, 0.3) is 0 Å². The van der Waals surface area contributed by atoms with Crippen LogP contribution < -0.4 is 15.4 Å². The third-order valence-corrected chi connectivity index (χ3v) is 4.71. The molecule has 0 saturated carbocycles. The van der Waals surface area contributed by atoms with E-state index in [4.69, 9.17) is 11.0 Å². The second-order valence-electron chi connectivity index (χ2n) is 4.09. The van der Waals surface area contributed by atoms with Gasteiger partial charge in [-0.15, -0.1) is 0 Å². The zero-order valence-corrected chi connectivity index (χ0v) is 13.6. The van der Waals surface area contributed by atoms with Crippen molar-refractivity contribution in [1.82, 2.24) is 4.98 Å². The van der Waals surface area contributed by atoms with Crippen molar-refractivity contribution in [2.45, 2.75) is 6.92 Å². The van der Waals surface area contributed by atoms with E-state index in [-0.39, 0.29) is 10.3 Å². The predicted octanol–water partition coefficient (Wildman–Crippen LogP) is 0.367. The Labute approximate surface area is 129 Å². The third kappa shape index (κ3) is 6.11. The average molecular weight is 369 g/mol. The normalized spacial score (nSPS) is 12.5. The molecular weight excluding hydrogens is 353 g/mol. The summed E-state index contributed by atoms with van der Waals surface area (Å²) >= 11 is -4.83. The molecule has 0 aliphatic carbocycles. The van der Waals surface area contributed by atoms with Gasteiger partial charge in [0.1, 0.15) is 5.82 Å². The standard InChI is InChI=1S/C8H10AsNO5.C5H6N2/c1-6(11)10-8-4-2-3-7(5-8)9(12,13)15-14;6-5-3-1-2-4-7-5/h2-5,14H,1H3,(H,10,11)(H,12,13);1-4H,(H2,6,7). The topological polar surface area (TPSA) is 135 Å². The molecule has 0 spiro atoms. The summed E-state index contributed by atoms with van der Waals surface area (Å²) in [7, 11) is 0. The van der Waals surface area contributed by atoms with Crippen molar-refractivity contribution < 1.29 is 21.8 Å². The van der Waals surface area contributed by atoms with Crippen LogP contribution in [0.4, 0.5) is 11.5 Å². The van der Waals surface area contributed by atoms with E-state index < -0.39 is 14.2 Å². The number of nitrogens with one attached hydrogen (secondary N) is 1. The first-order valence-electron chi connectivity index (χ1n) is 6.06. The monoisotopic (exact) mass is 369 g/mol. The quantitative estimate of drug-likeness (QED) is 0.349. The van der Waals surface area contributed by atoms with Crippen LogP contribution >= 0.6 is 0 Å². The Bertz CT molecular complexity index is 666. The average Bonchev–Trinajstić information content (AvgIpc) is 2.48. The zero-order chi connectivity index (χ0) is 16.6. The summed E-state index contributed by atoms with van der Waals surface area (Å²) < 4.78 is 23.9. The van der Waals surface area contributed by atoms with Gasteiger partial charge in [-0.3, -0.25) is 0 Å². The van der Waals surface area contributed by atoms with Crippen molar-refractivity contribution in [1.29, 1.82) is 0 Å². The fourth-order valence-electron chi connectivity index (χ4n) is 1.39. The minimum atomic E-state index is -4.83. The summed E-state index contributed by atoms with van der Waals surface area (Å²) in [5, 5.41) is 10.7. The first-order chi connectivity index (χ1) is 10.3. The van der Waals surface area contributed by atoms with Crippen molar-refractivity contribution in [2.24, 2.45) is 0 Å². The van der Waals surface area contributed by atoms with Crippen LogP contribution in [0.1, 0.15) is 6.92 Å². The van der Waals surface area contributed by atoms with Crippen LogP contribution in [0.25, 0.3) is 0 Å². The molecule has 8 nitrogen and oxygen atoms in total. The SMILES string of the molecule is CC(=O)Nc1cccc([As](=O)(O)OO)c1.Nc1ccccn1. The van der Waals surface area contributed by atoms with E-state index in [1.54, 1.807) is 18.3 Å². The summed E-state index contributed by atoms with van der Waals surface area (Å²) in [6.45, 7) is 1.32. The number of carbonyl (C=O) groups is 1. The van der Waals surface area contributed by atoms with E-state index in [9.17, 15) is 12.6 Å². The fraction of sp³-hybridized carbons (Fsp3) is 0.0769. The molecule has 1 atom stereocenters. The van der Waals surface area contributed by atoms with Gasteiger partial charge in [0.05, 0.1) is 0 Å². The fourth-order valence-corrected chi connectivity index (χ4v) is 2.79. The Kier molecular flexibility index (Phi) is 6.81. The smallest absolute Gasteiger partial charge is 0.123 e. The Hall–Kier alpha value is -2.12. The number of amides is 1. The minimum absolute atomic E-state index is 0.0399. The molecule has 0 fully saturated rings. The maximum Gasteiger partial charge on any atom is 0.123 e. The van der Waals surface area contributed by atoms with Crippen LogP contribution in [0.2, 0.25) is 0 Å². The van der Waals surface area contributed by atoms with Gasteiger partial charge in [-0.05, 0) is 12.1 Å². The van der Waals surface area contributed by atoms with Crippen molar-refractivity contribution in [3.05, 3.63) is 48.7 Å². The van der Waals surface area contributed by atoms with Crippen LogP contribution in [0, 0.1) is 0 Å². The first-order valence-corrected chi connectivity index (χ1v) is 9.37. The van der Waals surface area contributed by atoms with Gasteiger partial charge in [0.15, 0.2) is 0 Å². The number of anilines is 2. The first kappa shape index (κ1) is 17.9. The molecular formula is C13H16AsN3O5. The van der Waals surface area contributed by atoms with Gasteiger partial charge >= 0.3 is 88.4 Å². The van der Waals surface area contributed by atoms with Gasteiger partial charge < -0.3 is 5.73 Å². The molecule has 5 N–H and O–H groups in total. The van der Waals surface area contributed by atoms with E-state index >= 15 is 0 Å². The number of rotatable bonds is 3. The van der Waals surface area contributed by atoms with Gasteiger partial charge in [0, 0.05) is 6.20 Å². The van der Waals surface area contributed by atoms with E-state index in [0.717, 1.165) is 0 Å². The number of aromatic nitrogens is 1. The van der Waals surface area contributed by atoms with Crippen molar-refractivity contribution in [3.63, 3.8) is 0 Å². The number of nitrogens with two attached hydrogens (primary N) is 1. The van der Waals surface area contributed by atoms with Crippen molar-refractivity contribution in [2.75, 3.05) is 11.1 Å². The van der Waals surface area contributed by atoms with Crippen molar-refractivity contribution in [3.8, 4) is 0 Å². The summed E-state index contributed by atoms with van der Waals surface area (Å²) in [5.41, 5.74) is 5.61. The molecule has 0 bridgehead atoms. The molecule has 2 rings (SSSR count). The van der Waals surface area contributed by atoms with E-state index in [2.05, 4.69) is 14.2 Å². The number of nitrogens with zero attached hydrogens (tertiary/aromatic N) is 1. The maximum absolute atomic E-state index is 11.3.